The molecule has 0 bridgehead atoms. The third kappa shape index (κ3) is 6.67. The van der Waals surface area contributed by atoms with Crippen LogP contribution in [-0.4, -0.2) is 61.1 Å². The zero-order valence-corrected chi connectivity index (χ0v) is 15.8. The zero-order valence-electron chi connectivity index (χ0n) is 15.0. The van der Waals surface area contributed by atoms with Crippen molar-refractivity contribution in [3.8, 4) is 5.75 Å². The Kier molecular flexibility index (Phi) is 8.00. The highest BCUT2D eigenvalue weighted by atomic mass is 35.5. The Morgan fingerprint density at radius 2 is 1.75 bits per heavy atom. The molecule has 1 saturated heterocycles. The van der Waals surface area contributed by atoms with Gasteiger partial charge in [-0.2, -0.15) is 0 Å². The molecule has 1 aliphatic rings. The lowest BCUT2D eigenvalue weighted by atomic mass is 10.1. The van der Waals surface area contributed by atoms with Gasteiger partial charge < -0.3 is 15.4 Å². The first-order valence-electron chi connectivity index (χ1n) is 8.29. The van der Waals surface area contributed by atoms with Crippen LogP contribution in [0.1, 0.15) is 25.8 Å². The maximum Gasteiger partial charge on any atom is 0.222 e. The van der Waals surface area contributed by atoms with E-state index in [4.69, 9.17) is 10.5 Å². The van der Waals surface area contributed by atoms with Crippen molar-refractivity contribution in [1.82, 2.24) is 9.80 Å². The average Bonchev–Trinajstić information content (AvgIpc) is 2.52. The van der Waals surface area contributed by atoms with Gasteiger partial charge in [0.15, 0.2) is 0 Å². The number of nitrogens with zero attached hydrogens (tertiary/aromatic N) is 2. The van der Waals surface area contributed by atoms with Gasteiger partial charge in [-0.25, -0.2) is 0 Å². The fraction of sp³-hybridized carbons (Fsp3) is 0.611. The standard InChI is InChI=1S/C18H29N3O2.ClH/c1-18(2,19)14-20-10-12-21(13-11-20)17(22)9-6-15-4-7-16(23-3)8-5-15;/h4-5,7-8H,6,9-14,19H2,1-3H3;1H. The Bertz CT molecular complexity index is 506. The van der Waals surface area contributed by atoms with Crippen molar-refractivity contribution >= 4 is 18.3 Å². The van der Waals surface area contributed by atoms with E-state index in [1.54, 1.807) is 7.11 Å². The zero-order chi connectivity index (χ0) is 16.9. The molecular weight excluding hydrogens is 326 g/mol. The van der Waals surface area contributed by atoms with E-state index < -0.39 is 0 Å². The van der Waals surface area contributed by atoms with Crippen molar-refractivity contribution < 1.29 is 9.53 Å². The molecule has 0 radical (unpaired) electrons. The van der Waals surface area contributed by atoms with E-state index in [9.17, 15) is 4.79 Å². The van der Waals surface area contributed by atoms with Gasteiger partial charge in [0.05, 0.1) is 7.11 Å². The number of rotatable bonds is 6. The number of ether oxygens (including phenoxy) is 1. The normalized spacial score (nSPS) is 15.8. The van der Waals surface area contributed by atoms with E-state index in [-0.39, 0.29) is 23.9 Å². The lowest BCUT2D eigenvalue weighted by Gasteiger charge is -2.37. The van der Waals surface area contributed by atoms with Crippen molar-refractivity contribution in [2.45, 2.75) is 32.2 Å². The van der Waals surface area contributed by atoms with Crippen LogP contribution in [0.5, 0.6) is 5.75 Å². The van der Waals surface area contributed by atoms with Crippen molar-refractivity contribution in [2.75, 3.05) is 39.8 Å². The van der Waals surface area contributed by atoms with Gasteiger partial charge in [-0.1, -0.05) is 12.1 Å². The molecule has 0 spiro atoms. The number of benzene rings is 1. The molecule has 5 nitrogen and oxygen atoms in total. The van der Waals surface area contributed by atoms with Gasteiger partial charge >= 0.3 is 0 Å². The van der Waals surface area contributed by atoms with E-state index in [1.807, 2.05) is 43.0 Å². The van der Waals surface area contributed by atoms with Gasteiger partial charge in [-0.15, -0.1) is 12.4 Å². The summed E-state index contributed by atoms with van der Waals surface area (Å²) in [7, 11) is 1.66. The molecule has 1 aromatic rings. The highest BCUT2D eigenvalue weighted by Gasteiger charge is 2.24. The summed E-state index contributed by atoms with van der Waals surface area (Å²) in [6.07, 6.45) is 1.34. The van der Waals surface area contributed by atoms with Crippen LogP contribution in [0, 0.1) is 0 Å². The fourth-order valence-corrected chi connectivity index (χ4v) is 2.93. The third-order valence-electron chi connectivity index (χ3n) is 4.14. The molecule has 1 fully saturated rings. The second kappa shape index (κ2) is 9.25. The Labute approximate surface area is 151 Å². The van der Waals surface area contributed by atoms with Gasteiger partial charge in [0.25, 0.3) is 0 Å². The predicted octanol–water partition coefficient (Wildman–Crippen LogP) is 1.93. The minimum absolute atomic E-state index is 0. The van der Waals surface area contributed by atoms with Crippen LogP contribution < -0.4 is 10.5 Å². The number of hydrogen-bond donors (Lipinski definition) is 1. The van der Waals surface area contributed by atoms with Crippen LogP contribution in [0.15, 0.2) is 24.3 Å². The molecule has 2 N–H and O–H groups in total. The number of carbonyl (C=O) groups is 1. The first-order chi connectivity index (χ1) is 10.9. The Hall–Kier alpha value is -1.30. The molecule has 1 aromatic carbocycles. The summed E-state index contributed by atoms with van der Waals surface area (Å²) in [6, 6.07) is 7.92. The Morgan fingerprint density at radius 3 is 2.25 bits per heavy atom. The summed E-state index contributed by atoms with van der Waals surface area (Å²) in [5.74, 6) is 1.09. The van der Waals surface area contributed by atoms with Crippen molar-refractivity contribution in [3.63, 3.8) is 0 Å². The van der Waals surface area contributed by atoms with E-state index >= 15 is 0 Å². The first kappa shape index (κ1) is 20.7. The molecule has 1 heterocycles. The maximum absolute atomic E-state index is 12.3. The molecule has 0 aromatic heterocycles. The van der Waals surface area contributed by atoms with Gasteiger partial charge in [-0.3, -0.25) is 9.69 Å². The lowest BCUT2D eigenvalue weighted by Crippen LogP contribution is -2.54. The summed E-state index contributed by atoms with van der Waals surface area (Å²) in [5.41, 5.74) is 7.05. The lowest BCUT2D eigenvalue weighted by molar-refractivity contribution is -0.132. The number of aryl methyl sites for hydroxylation is 1. The van der Waals surface area contributed by atoms with Crippen LogP contribution >= 0.6 is 12.4 Å². The molecular formula is C18H30ClN3O2. The average molecular weight is 356 g/mol. The smallest absolute Gasteiger partial charge is 0.222 e. The number of piperazine rings is 1. The van der Waals surface area contributed by atoms with Gasteiger partial charge in [-0.05, 0) is 38.0 Å². The van der Waals surface area contributed by atoms with Gasteiger partial charge in [0.1, 0.15) is 5.75 Å². The summed E-state index contributed by atoms with van der Waals surface area (Å²) < 4.78 is 5.15. The van der Waals surface area contributed by atoms with Crippen molar-refractivity contribution in [1.29, 1.82) is 0 Å². The summed E-state index contributed by atoms with van der Waals surface area (Å²) in [6.45, 7) is 8.39. The van der Waals surface area contributed by atoms with Crippen LogP contribution in [0.3, 0.4) is 0 Å². The van der Waals surface area contributed by atoms with Crippen LogP contribution in [0.2, 0.25) is 0 Å². The second-order valence-electron chi connectivity index (χ2n) is 6.99. The van der Waals surface area contributed by atoms with Crippen LogP contribution in [0.4, 0.5) is 0 Å². The number of hydrogen-bond acceptors (Lipinski definition) is 4. The number of carbonyl (C=O) groups excluding carboxylic acids is 1. The van der Waals surface area contributed by atoms with E-state index in [0.29, 0.717) is 6.42 Å². The molecule has 1 amide bonds. The summed E-state index contributed by atoms with van der Waals surface area (Å²) in [4.78, 5) is 16.7. The Balaban J connectivity index is 0.00000288. The predicted molar refractivity (Wildman–Crippen MR) is 99.8 cm³/mol. The molecule has 136 valence electrons. The second-order valence-corrected chi connectivity index (χ2v) is 6.99. The number of halogens is 1. The maximum atomic E-state index is 12.3. The van der Waals surface area contributed by atoms with Crippen LogP contribution in [0.25, 0.3) is 0 Å². The molecule has 0 unspecified atom stereocenters. The molecule has 0 atom stereocenters. The molecule has 0 saturated carbocycles. The molecule has 0 aliphatic carbocycles. The van der Waals surface area contributed by atoms with E-state index in [1.165, 1.54) is 5.56 Å². The number of nitrogens with two attached hydrogens (primary N) is 1. The topological polar surface area (TPSA) is 58.8 Å². The van der Waals surface area contributed by atoms with Gasteiger partial charge in [0, 0.05) is 44.7 Å². The number of methoxy groups -OCH3 is 1. The third-order valence-corrected chi connectivity index (χ3v) is 4.14. The van der Waals surface area contributed by atoms with E-state index in [2.05, 4.69) is 4.90 Å². The van der Waals surface area contributed by atoms with Crippen LogP contribution in [-0.2, 0) is 11.2 Å². The molecule has 2 rings (SSSR count). The monoisotopic (exact) mass is 355 g/mol. The number of amides is 1. The quantitative estimate of drug-likeness (QED) is 0.847. The summed E-state index contributed by atoms with van der Waals surface area (Å²) >= 11 is 0. The first-order valence-corrected chi connectivity index (χ1v) is 8.29. The van der Waals surface area contributed by atoms with E-state index in [0.717, 1.165) is 44.9 Å². The highest BCUT2D eigenvalue weighted by Crippen LogP contribution is 2.14. The summed E-state index contributed by atoms with van der Waals surface area (Å²) in [5, 5.41) is 0. The molecule has 24 heavy (non-hydrogen) atoms. The minimum Gasteiger partial charge on any atom is -0.497 e. The highest BCUT2D eigenvalue weighted by molar-refractivity contribution is 5.85. The largest absolute Gasteiger partial charge is 0.497 e. The molecule has 1 aliphatic heterocycles. The van der Waals surface area contributed by atoms with Crippen molar-refractivity contribution in [3.05, 3.63) is 29.8 Å². The van der Waals surface area contributed by atoms with Gasteiger partial charge in [0.2, 0.25) is 5.91 Å². The van der Waals surface area contributed by atoms with Crippen molar-refractivity contribution in [2.24, 2.45) is 5.73 Å². The molecule has 6 heteroatoms. The Morgan fingerprint density at radius 1 is 1.17 bits per heavy atom. The fourth-order valence-electron chi connectivity index (χ4n) is 2.93. The minimum atomic E-state index is -0.180. The SMILES string of the molecule is COc1ccc(CCC(=O)N2CCN(CC(C)(C)N)CC2)cc1.Cl.